The maximum Gasteiger partial charge on any atom is 0.330 e. The van der Waals surface area contributed by atoms with E-state index < -0.39 is 21.5 Å². The molecule has 0 aliphatic carbocycles. The largest absolute Gasteiger partial charge is 0.479 e. The number of rotatable bonds is 5. The number of pyridine rings is 1. The molecule has 0 bridgehead atoms. The Labute approximate surface area is 156 Å². The summed E-state index contributed by atoms with van der Waals surface area (Å²) >= 11 is 1.51. The van der Waals surface area contributed by atoms with Crippen LogP contribution < -0.4 is 5.32 Å². The molecular formula is C16H21N3O5S2. The van der Waals surface area contributed by atoms with Crippen LogP contribution in [0.4, 0.5) is 0 Å². The van der Waals surface area contributed by atoms with Gasteiger partial charge < -0.3 is 10.4 Å². The minimum atomic E-state index is -3.62. The van der Waals surface area contributed by atoms with Crippen molar-refractivity contribution < 1.29 is 23.1 Å². The van der Waals surface area contributed by atoms with Gasteiger partial charge >= 0.3 is 5.97 Å². The molecule has 8 nitrogen and oxygen atoms in total. The van der Waals surface area contributed by atoms with Crippen LogP contribution in [0.25, 0.3) is 0 Å². The zero-order valence-electron chi connectivity index (χ0n) is 14.1. The van der Waals surface area contributed by atoms with Crippen LogP contribution >= 0.6 is 11.8 Å². The van der Waals surface area contributed by atoms with Crippen molar-refractivity contribution in [2.24, 2.45) is 5.92 Å². The fourth-order valence-electron chi connectivity index (χ4n) is 3.23. The van der Waals surface area contributed by atoms with Crippen LogP contribution in [-0.2, 0) is 19.6 Å². The molecule has 0 saturated carbocycles. The van der Waals surface area contributed by atoms with Gasteiger partial charge in [-0.2, -0.15) is 16.1 Å². The van der Waals surface area contributed by atoms with Gasteiger partial charge in [0.25, 0.3) is 0 Å². The molecule has 0 radical (unpaired) electrons. The number of hydrogen-bond donors (Lipinski definition) is 2. The molecule has 26 heavy (non-hydrogen) atoms. The van der Waals surface area contributed by atoms with Gasteiger partial charge in [0.1, 0.15) is 10.4 Å². The average Bonchev–Trinajstić information content (AvgIpc) is 3.12. The first kappa shape index (κ1) is 19.1. The van der Waals surface area contributed by atoms with E-state index in [4.69, 9.17) is 0 Å². The maximum absolute atomic E-state index is 12.6. The first-order valence-corrected chi connectivity index (χ1v) is 11.0. The Hall–Kier alpha value is -1.65. The third-order valence-electron chi connectivity index (χ3n) is 4.89. The van der Waals surface area contributed by atoms with Gasteiger partial charge in [0.15, 0.2) is 0 Å². The zero-order valence-corrected chi connectivity index (χ0v) is 15.8. The van der Waals surface area contributed by atoms with Crippen LogP contribution in [0.5, 0.6) is 0 Å². The van der Waals surface area contributed by atoms with Crippen molar-refractivity contribution in [2.45, 2.75) is 29.7 Å². The summed E-state index contributed by atoms with van der Waals surface area (Å²) in [6.07, 6.45) is 3.97. The Morgan fingerprint density at radius 3 is 2.62 bits per heavy atom. The normalized spacial score (nSPS) is 25.1. The van der Waals surface area contributed by atoms with Crippen LogP contribution in [0.15, 0.2) is 29.4 Å². The van der Waals surface area contributed by atoms with E-state index >= 15 is 0 Å². The van der Waals surface area contributed by atoms with Crippen molar-refractivity contribution in [1.29, 1.82) is 0 Å². The van der Waals surface area contributed by atoms with Gasteiger partial charge in [0, 0.05) is 37.2 Å². The van der Waals surface area contributed by atoms with Crippen molar-refractivity contribution in [1.82, 2.24) is 14.6 Å². The standard InChI is InChI=1S/C16H21N3O5S2/c20-14(18-16(15(21)22)5-9-25-11-16)12-3-7-19(8-4-12)26(23,24)13-2-1-6-17-10-13/h1-2,6,10,12H,3-5,7-9,11H2,(H,18,20)(H,21,22). The minimum absolute atomic E-state index is 0.135. The molecule has 2 aliphatic heterocycles. The predicted octanol–water partition coefficient (Wildman–Crippen LogP) is 0.559. The lowest BCUT2D eigenvalue weighted by Gasteiger charge is -2.33. The highest BCUT2D eigenvalue weighted by Gasteiger charge is 2.44. The second kappa shape index (κ2) is 7.53. The molecule has 1 unspecified atom stereocenters. The van der Waals surface area contributed by atoms with Crippen LogP contribution in [0.2, 0.25) is 0 Å². The van der Waals surface area contributed by atoms with E-state index in [2.05, 4.69) is 10.3 Å². The van der Waals surface area contributed by atoms with E-state index in [1.54, 1.807) is 6.07 Å². The number of piperidine rings is 1. The van der Waals surface area contributed by atoms with Gasteiger partial charge in [-0.3, -0.25) is 9.78 Å². The lowest BCUT2D eigenvalue weighted by atomic mass is 9.93. The monoisotopic (exact) mass is 399 g/mol. The summed E-state index contributed by atoms with van der Waals surface area (Å²) in [4.78, 5) is 28.1. The van der Waals surface area contributed by atoms with Gasteiger partial charge in [0.05, 0.1) is 0 Å². The molecule has 10 heteroatoms. The van der Waals surface area contributed by atoms with Crippen molar-refractivity contribution >= 4 is 33.7 Å². The summed E-state index contributed by atoms with van der Waals surface area (Å²) in [7, 11) is -3.62. The minimum Gasteiger partial charge on any atom is -0.479 e. The van der Waals surface area contributed by atoms with Crippen molar-refractivity contribution in [3.8, 4) is 0 Å². The number of nitrogens with zero attached hydrogens (tertiary/aromatic N) is 2. The quantitative estimate of drug-likeness (QED) is 0.743. The maximum atomic E-state index is 12.6. The number of aromatic nitrogens is 1. The van der Waals surface area contributed by atoms with Crippen molar-refractivity contribution in [3.63, 3.8) is 0 Å². The predicted molar refractivity (Wildman–Crippen MR) is 96.2 cm³/mol. The molecule has 1 aromatic rings. The molecule has 2 aliphatic rings. The van der Waals surface area contributed by atoms with E-state index in [-0.39, 0.29) is 29.8 Å². The molecule has 0 spiro atoms. The summed E-state index contributed by atoms with van der Waals surface area (Å²) in [6, 6.07) is 3.06. The molecule has 2 N–H and O–H groups in total. The lowest BCUT2D eigenvalue weighted by molar-refractivity contribution is -0.147. The molecule has 0 aromatic carbocycles. The molecule has 142 valence electrons. The number of carboxylic acids is 1. The number of carboxylic acid groups (broad SMARTS) is 1. The first-order chi connectivity index (χ1) is 12.3. The number of thioether (sulfide) groups is 1. The number of hydrogen-bond acceptors (Lipinski definition) is 6. The molecule has 2 fully saturated rings. The molecule has 2 saturated heterocycles. The van der Waals surface area contributed by atoms with Crippen molar-refractivity contribution in [2.75, 3.05) is 24.6 Å². The van der Waals surface area contributed by atoms with Crippen LogP contribution in [0, 0.1) is 5.92 Å². The topological polar surface area (TPSA) is 117 Å². The Kier molecular flexibility index (Phi) is 5.54. The molecule has 3 heterocycles. The molecule has 1 amide bonds. The van der Waals surface area contributed by atoms with Gasteiger partial charge in [-0.15, -0.1) is 0 Å². The van der Waals surface area contributed by atoms with Crippen molar-refractivity contribution in [3.05, 3.63) is 24.5 Å². The van der Waals surface area contributed by atoms with E-state index in [9.17, 15) is 23.1 Å². The summed E-state index contributed by atoms with van der Waals surface area (Å²) in [6.45, 7) is 0.453. The first-order valence-electron chi connectivity index (χ1n) is 8.38. The fraction of sp³-hybridized carbons (Fsp3) is 0.562. The zero-order chi connectivity index (χ0) is 18.8. The highest BCUT2D eigenvalue weighted by atomic mass is 32.2. The second-order valence-electron chi connectivity index (χ2n) is 6.55. The Morgan fingerprint density at radius 2 is 2.08 bits per heavy atom. The van der Waals surface area contributed by atoms with E-state index in [0.29, 0.717) is 30.8 Å². The summed E-state index contributed by atoms with van der Waals surface area (Å²) in [5.41, 5.74) is -1.19. The van der Waals surface area contributed by atoms with E-state index in [1.807, 2.05) is 0 Å². The van der Waals surface area contributed by atoms with Crippen LogP contribution in [0.1, 0.15) is 19.3 Å². The van der Waals surface area contributed by atoms with Gasteiger partial charge in [-0.05, 0) is 37.1 Å². The van der Waals surface area contributed by atoms with Crippen LogP contribution in [-0.4, -0.2) is 64.8 Å². The smallest absolute Gasteiger partial charge is 0.330 e. The number of nitrogens with one attached hydrogen (secondary N) is 1. The van der Waals surface area contributed by atoms with Gasteiger partial charge in [-0.1, -0.05) is 0 Å². The number of carbonyl (C=O) groups is 2. The number of amides is 1. The Bertz CT molecular complexity index is 770. The molecule has 3 rings (SSSR count). The number of sulfonamides is 1. The highest BCUT2D eigenvalue weighted by Crippen LogP contribution is 2.30. The number of carbonyl (C=O) groups excluding carboxylic acids is 1. The SMILES string of the molecule is O=C(NC1(C(=O)O)CCSC1)C1CCN(S(=O)(=O)c2cccnc2)CC1. The molecular weight excluding hydrogens is 378 g/mol. The highest BCUT2D eigenvalue weighted by molar-refractivity contribution is 7.99. The second-order valence-corrected chi connectivity index (χ2v) is 9.59. The number of aliphatic carboxylic acids is 1. The fourth-order valence-corrected chi connectivity index (χ4v) is 5.99. The molecule has 1 aromatic heterocycles. The van der Waals surface area contributed by atoms with Gasteiger partial charge in [-0.25, -0.2) is 13.2 Å². The summed E-state index contributed by atoms with van der Waals surface area (Å²) in [5.74, 6) is -0.616. The Balaban J connectivity index is 1.62. The van der Waals surface area contributed by atoms with E-state index in [0.717, 1.165) is 0 Å². The summed E-state index contributed by atoms with van der Waals surface area (Å²) < 4.78 is 26.5. The lowest BCUT2D eigenvalue weighted by Crippen LogP contribution is -2.57. The summed E-state index contributed by atoms with van der Waals surface area (Å²) in [5, 5.41) is 12.2. The third kappa shape index (κ3) is 3.72. The van der Waals surface area contributed by atoms with E-state index in [1.165, 1.54) is 34.5 Å². The Morgan fingerprint density at radius 1 is 1.35 bits per heavy atom. The third-order valence-corrected chi connectivity index (χ3v) is 7.96. The molecule has 1 atom stereocenters. The van der Waals surface area contributed by atoms with Crippen LogP contribution in [0.3, 0.4) is 0 Å². The van der Waals surface area contributed by atoms with Gasteiger partial charge in [0.2, 0.25) is 15.9 Å². The average molecular weight is 399 g/mol.